The molecule has 3 nitrogen and oxygen atoms in total. The SMILES string of the molecule is Cc1ccc(/C=C/c2ccc3c(c2)C(=O)N(Cc2ccccc2)CCO3)cc1. The van der Waals surface area contributed by atoms with Crippen LogP contribution in [0.3, 0.4) is 0 Å². The first-order valence-corrected chi connectivity index (χ1v) is 9.54. The maximum atomic E-state index is 13.1. The van der Waals surface area contributed by atoms with Crippen LogP contribution in [-0.4, -0.2) is 24.0 Å². The van der Waals surface area contributed by atoms with Gasteiger partial charge in [0.25, 0.3) is 5.91 Å². The van der Waals surface area contributed by atoms with Gasteiger partial charge < -0.3 is 9.64 Å². The van der Waals surface area contributed by atoms with E-state index >= 15 is 0 Å². The van der Waals surface area contributed by atoms with E-state index in [4.69, 9.17) is 4.74 Å². The summed E-state index contributed by atoms with van der Waals surface area (Å²) in [5.41, 5.74) is 5.10. The Hall–Kier alpha value is -3.33. The van der Waals surface area contributed by atoms with Crippen molar-refractivity contribution in [2.75, 3.05) is 13.2 Å². The van der Waals surface area contributed by atoms with E-state index in [9.17, 15) is 4.79 Å². The van der Waals surface area contributed by atoms with Crippen LogP contribution in [0.1, 0.15) is 32.6 Å². The van der Waals surface area contributed by atoms with E-state index in [1.807, 2.05) is 59.5 Å². The number of benzene rings is 3. The van der Waals surface area contributed by atoms with Crippen molar-refractivity contribution in [3.8, 4) is 5.75 Å². The van der Waals surface area contributed by atoms with Crippen LogP contribution in [0.15, 0.2) is 72.8 Å². The second kappa shape index (κ2) is 8.13. The van der Waals surface area contributed by atoms with Crippen molar-refractivity contribution in [1.29, 1.82) is 0 Å². The highest BCUT2D eigenvalue weighted by atomic mass is 16.5. The van der Waals surface area contributed by atoms with E-state index in [-0.39, 0.29) is 5.91 Å². The van der Waals surface area contributed by atoms with Gasteiger partial charge in [0.2, 0.25) is 0 Å². The van der Waals surface area contributed by atoms with Gasteiger partial charge in [-0.05, 0) is 35.7 Å². The highest BCUT2D eigenvalue weighted by Crippen LogP contribution is 2.26. The fourth-order valence-corrected chi connectivity index (χ4v) is 3.31. The number of hydrogen-bond donors (Lipinski definition) is 0. The molecule has 0 aliphatic carbocycles. The normalized spacial score (nSPS) is 13.9. The van der Waals surface area contributed by atoms with Gasteiger partial charge in [-0.1, -0.05) is 78.4 Å². The van der Waals surface area contributed by atoms with E-state index in [0.29, 0.717) is 31.0 Å². The third kappa shape index (κ3) is 4.15. The largest absolute Gasteiger partial charge is 0.491 e. The third-order valence-electron chi connectivity index (χ3n) is 4.90. The molecule has 3 heteroatoms. The summed E-state index contributed by atoms with van der Waals surface area (Å²) in [7, 11) is 0. The lowest BCUT2D eigenvalue weighted by atomic mass is 10.1. The Kier molecular flexibility index (Phi) is 5.24. The molecule has 0 unspecified atom stereocenters. The number of amides is 1. The summed E-state index contributed by atoms with van der Waals surface area (Å²) in [5, 5.41) is 0. The fraction of sp³-hybridized carbons (Fsp3) is 0.160. The average Bonchev–Trinajstić information content (AvgIpc) is 2.87. The van der Waals surface area contributed by atoms with Gasteiger partial charge in [-0.25, -0.2) is 0 Å². The zero-order valence-electron chi connectivity index (χ0n) is 16.0. The number of ether oxygens (including phenoxy) is 1. The lowest BCUT2D eigenvalue weighted by Crippen LogP contribution is -2.31. The Morgan fingerprint density at radius 2 is 1.64 bits per heavy atom. The van der Waals surface area contributed by atoms with Gasteiger partial charge in [0.1, 0.15) is 12.4 Å². The summed E-state index contributed by atoms with van der Waals surface area (Å²) in [6.45, 7) is 3.75. The molecular weight excluding hydrogens is 346 g/mol. The second-order valence-electron chi connectivity index (χ2n) is 7.06. The Bertz CT molecular complexity index is 991. The molecule has 1 aliphatic heterocycles. The van der Waals surface area contributed by atoms with E-state index < -0.39 is 0 Å². The van der Waals surface area contributed by atoms with Crippen LogP contribution < -0.4 is 4.74 Å². The van der Waals surface area contributed by atoms with Gasteiger partial charge in [0.05, 0.1) is 12.1 Å². The third-order valence-corrected chi connectivity index (χ3v) is 4.90. The van der Waals surface area contributed by atoms with Gasteiger partial charge in [0.15, 0.2) is 0 Å². The molecule has 0 spiro atoms. The minimum absolute atomic E-state index is 0.0157. The van der Waals surface area contributed by atoms with Crippen LogP contribution in [0, 0.1) is 6.92 Å². The van der Waals surface area contributed by atoms with Crippen LogP contribution in [0.2, 0.25) is 0 Å². The Balaban J connectivity index is 1.57. The zero-order valence-corrected chi connectivity index (χ0v) is 16.0. The Morgan fingerprint density at radius 1 is 0.929 bits per heavy atom. The first kappa shape index (κ1) is 18.1. The van der Waals surface area contributed by atoms with Gasteiger partial charge in [-0.2, -0.15) is 0 Å². The number of rotatable bonds is 4. The molecular formula is C25H23NO2. The van der Waals surface area contributed by atoms with E-state index in [1.165, 1.54) is 5.56 Å². The van der Waals surface area contributed by atoms with E-state index in [2.05, 4.69) is 37.3 Å². The van der Waals surface area contributed by atoms with Crippen molar-refractivity contribution in [3.63, 3.8) is 0 Å². The quantitative estimate of drug-likeness (QED) is 0.592. The molecule has 0 saturated heterocycles. The summed E-state index contributed by atoms with van der Waals surface area (Å²) in [4.78, 5) is 15.0. The monoisotopic (exact) mass is 369 g/mol. The van der Waals surface area contributed by atoms with E-state index in [0.717, 1.165) is 16.7 Å². The first-order valence-electron chi connectivity index (χ1n) is 9.54. The molecule has 0 radical (unpaired) electrons. The molecule has 0 aromatic heterocycles. The standard InChI is InChI=1S/C25H23NO2/c1-19-7-9-20(10-8-19)11-12-21-13-14-24-23(17-21)25(27)26(15-16-28-24)18-22-5-3-2-4-6-22/h2-14,17H,15-16,18H2,1H3/b12-11+. The van der Waals surface area contributed by atoms with Crippen molar-refractivity contribution >= 4 is 18.1 Å². The first-order chi connectivity index (χ1) is 13.7. The molecule has 1 amide bonds. The summed E-state index contributed by atoms with van der Waals surface area (Å²) >= 11 is 0. The smallest absolute Gasteiger partial charge is 0.258 e. The Labute approximate surface area is 165 Å². The number of carbonyl (C=O) groups is 1. The number of nitrogens with zero attached hydrogens (tertiary/aromatic N) is 1. The van der Waals surface area contributed by atoms with Gasteiger partial charge >= 0.3 is 0 Å². The van der Waals surface area contributed by atoms with Crippen molar-refractivity contribution in [2.24, 2.45) is 0 Å². The highest BCUT2D eigenvalue weighted by molar-refractivity contribution is 5.98. The van der Waals surface area contributed by atoms with Crippen molar-refractivity contribution in [2.45, 2.75) is 13.5 Å². The fourth-order valence-electron chi connectivity index (χ4n) is 3.31. The number of aryl methyl sites for hydroxylation is 1. The van der Waals surface area contributed by atoms with Gasteiger partial charge in [-0.3, -0.25) is 4.79 Å². The molecule has 28 heavy (non-hydrogen) atoms. The maximum absolute atomic E-state index is 13.1. The summed E-state index contributed by atoms with van der Waals surface area (Å²) < 4.78 is 5.83. The predicted octanol–water partition coefficient (Wildman–Crippen LogP) is 5.20. The molecule has 3 aromatic rings. The van der Waals surface area contributed by atoms with Crippen LogP contribution in [0.4, 0.5) is 0 Å². The number of hydrogen-bond acceptors (Lipinski definition) is 2. The van der Waals surface area contributed by atoms with Crippen molar-refractivity contribution in [1.82, 2.24) is 4.90 Å². The molecule has 0 atom stereocenters. The lowest BCUT2D eigenvalue weighted by Gasteiger charge is -2.20. The molecule has 1 aliphatic rings. The molecule has 0 fully saturated rings. The molecule has 0 saturated carbocycles. The van der Waals surface area contributed by atoms with Gasteiger partial charge in [0, 0.05) is 6.54 Å². The molecule has 0 N–H and O–H groups in total. The molecule has 0 bridgehead atoms. The molecule has 1 heterocycles. The molecule has 140 valence electrons. The van der Waals surface area contributed by atoms with Crippen LogP contribution in [-0.2, 0) is 6.54 Å². The van der Waals surface area contributed by atoms with Crippen LogP contribution in [0.25, 0.3) is 12.2 Å². The summed E-state index contributed by atoms with van der Waals surface area (Å²) in [6, 6.07) is 24.2. The minimum atomic E-state index is 0.0157. The summed E-state index contributed by atoms with van der Waals surface area (Å²) in [5.74, 6) is 0.676. The van der Waals surface area contributed by atoms with Crippen LogP contribution in [0.5, 0.6) is 5.75 Å². The van der Waals surface area contributed by atoms with Gasteiger partial charge in [-0.15, -0.1) is 0 Å². The highest BCUT2D eigenvalue weighted by Gasteiger charge is 2.23. The van der Waals surface area contributed by atoms with Crippen LogP contribution >= 0.6 is 0 Å². The predicted molar refractivity (Wildman–Crippen MR) is 113 cm³/mol. The van der Waals surface area contributed by atoms with Crippen molar-refractivity contribution < 1.29 is 9.53 Å². The maximum Gasteiger partial charge on any atom is 0.258 e. The summed E-state index contributed by atoms with van der Waals surface area (Å²) in [6.07, 6.45) is 4.09. The number of fused-ring (bicyclic) bond motifs is 1. The Morgan fingerprint density at radius 3 is 2.43 bits per heavy atom. The minimum Gasteiger partial charge on any atom is -0.491 e. The molecule has 3 aromatic carbocycles. The average molecular weight is 369 g/mol. The zero-order chi connectivity index (χ0) is 19.3. The number of carbonyl (C=O) groups excluding carboxylic acids is 1. The topological polar surface area (TPSA) is 29.5 Å². The lowest BCUT2D eigenvalue weighted by molar-refractivity contribution is 0.0743. The van der Waals surface area contributed by atoms with Crippen molar-refractivity contribution in [3.05, 3.63) is 101 Å². The molecule has 4 rings (SSSR count). The van der Waals surface area contributed by atoms with E-state index in [1.54, 1.807) is 0 Å². The second-order valence-corrected chi connectivity index (χ2v) is 7.06.